The summed E-state index contributed by atoms with van der Waals surface area (Å²) >= 11 is 0. The molecular formula is C25H23FN2O5. The molecule has 2 aromatic carbocycles. The number of aromatic nitrogens is 1. The molecule has 7 nitrogen and oxygen atoms in total. The lowest BCUT2D eigenvalue weighted by atomic mass is 10.00. The first-order chi connectivity index (χ1) is 15.9. The number of carbonyl (C=O) groups is 1. The summed E-state index contributed by atoms with van der Waals surface area (Å²) in [6.07, 6.45) is 4.92. The molecule has 0 atom stereocenters. The Bertz CT molecular complexity index is 1240. The number of fused-ring (bicyclic) bond motifs is 1. The third-order valence-corrected chi connectivity index (χ3v) is 5.52. The Morgan fingerprint density at radius 1 is 1.18 bits per heavy atom. The fraction of sp³-hybridized carbons (Fsp3) is 0.200. The predicted molar refractivity (Wildman–Crippen MR) is 121 cm³/mol. The van der Waals surface area contributed by atoms with E-state index < -0.39 is 0 Å². The number of allylic oxidation sites excluding steroid dienone is 2. The van der Waals surface area contributed by atoms with Crippen LogP contribution in [0.2, 0.25) is 0 Å². The van der Waals surface area contributed by atoms with E-state index >= 15 is 0 Å². The van der Waals surface area contributed by atoms with E-state index in [-0.39, 0.29) is 41.9 Å². The Hall–Kier alpha value is -4.07. The molecule has 0 spiro atoms. The van der Waals surface area contributed by atoms with Gasteiger partial charge in [0, 0.05) is 0 Å². The van der Waals surface area contributed by atoms with Crippen molar-refractivity contribution < 1.29 is 28.2 Å². The van der Waals surface area contributed by atoms with E-state index in [9.17, 15) is 14.3 Å². The lowest BCUT2D eigenvalue weighted by Crippen LogP contribution is -2.22. The van der Waals surface area contributed by atoms with Crippen molar-refractivity contribution in [3.8, 4) is 17.2 Å². The van der Waals surface area contributed by atoms with Crippen LogP contribution in [0.15, 0.2) is 52.8 Å². The van der Waals surface area contributed by atoms with Gasteiger partial charge >= 0.3 is 0 Å². The molecule has 0 fully saturated rings. The molecule has 1 aliphatic carbocycles. The van der Waals surface area contributed by atoms with Gasteiger partial charge < -0.3 is 24.3 Å². The Morgan fingerprint density at radius 2 is 1.91 bits per heavy atom. The van der Waals surface area contributed by atoms with Crippen LogP contribution in [-0.2, 0) is 11.3 Å². The highest BCUT2D eigenvalue weighted by Gasteiger charge is 2.26. The van der Waals surface area contributed by atoms with Crippen molar-refractivity contribution >= 4 is 23.1 Å². The number of hydrogen-bond donors (Lipinski definition) is 2. The van der Waals surface area contributed by atoms with Gasteiger partial charge in [-0.3, -0.25) is 4.79 Å². The summed E-state index contributed by atoms with van der Waals surface area (Å²) in [5.41, 5.74) is 4.64. The van der Waals surface area contributed by atoms with Crippen LogP contribution in [0.1, 0.15) is 35.9 Å². The maximum absolute atomic E-state index is 14.1. The van der Waals surface area contributed by atoms with E-state index in [0.29, 0.717) is 11.5 Å². The highest BCUT2D eigenvalue weighted by molar-refractivity contribution is 6.08. The first-order valence-electron chi connectivity index (χ1n) is 10.2. The summed E-state index contributed by atoms with van der Waals surface area (Å²) in [6.45, 7) is 2.07. The lowest BCUT2D eigenvalue weighted by molar-refractivity contribution is -0.120. The quantitative estimate of drug-likeness (QED) is 0.548. The number of halogens is 1. The first-order valence-corrected chi connectivity index (χ1v) is 10.2. The van der Waals surface area contributed by atoms with E-state index in [2.05, 4.69) is 10.3 Å². The molecule has 0 radical (unpaired) electrons. The zero-order valence-corrected chi connectivity index (χ0v) is 18.4. The van der Waals surface area contributed by atoms with Crippen molar-refractivity contribution in [2.45, 2.75) is 19.9 Å². The fourth-order valence-corrected chi connectivity index (χ4v) is 3.88. The third kappa shape index (κ3) is 4.45. The second-order valence-corrected chi connectivity index (χ2v) is 7.50. The zero-order valence-electron chi connectivity index (χ0n) is 18.4. The van der Waals surface area contributed by atoms with E-state index in [1.54, 1.807) is 18.2 Å². The topological polar surface area (TPSA) is 93.8 Å². The van der Waals surface area contributed by atoms with Gasteiger partial charge in [-0.25, -0.2) is 9.37 Å². The van der Waals surface area contributed by atoms with Gasteiger partial charge in [-0.2, -0.15) is 0 Å². The molecule has 3 aromatic rings. The minimum Gasteiger partial charge on any atom is -0.502 e. The molecule has 0 unspecified atom stereocenters. The summed E-state index contributed by atoms with van der Waals surface area (Å²) in [5, 5.41) is 13.0. The number of phenolic OH excluding ortho intramolecular Hbond substituents is 1. The molecular weight excluding hydrogens is 427 g/mol. The standard InChI is InChI=1S/C25H23FN2O5/c1-14-18(8-15-9-21(31-2)25(30)22(10-15)32-3)17-5-4-16(26)11-20(17)19(14)12-23(29)28-13-24-27-6-7-33-24/h4-11,30H,12-13H2,1-3H3,(H,28,29). The van der Waals surface area contributed by atoms with Crippen LogP contribution in [0.25, 0.3) is 17.2 Å². The molecule has 1 heterocycles. The van der Waals surface area contributed by atoms with Gasteiger partial charge in [0.2, 0.25) is 17.5 Å². The molecule has 1 aromatic heterocycles. The molecule has 8 heteroatoms. The zero-order chi connectivity index (χ0) is 23.5. The van der Waals surface area contributed by atoms with E-state index in [4.69, 9.17) is 13.9 Å². The molecule has 0 bridgehead atoms. The van der Waals surface area contributed by atoms with Crippen molar-refractivity contribution in [3.05, 3.63) is 76.8 Å². The number of benzene rings is 2. The number of nitrogens with zero attached hydrogens (tertiary/aromatic N) is 1. The fourth-order valence-electron chi connectivity index (χ4n) is 3.88. The van der Waals surface area contributed by atoms with Crippen molar-refractivity contribution in [1.82, 2.24) is 10.3 Å². The third-order valence-electron chi connectivity index (χ3n) is 5.52. The molecule has 1 aliphatic rings. The first kappa shape index (κ1) is 22.1. The molecule has 2 N–H and O–H groups in total. The molecule has 33 heavy (non-hydrogen) atoms. The summed E-state index contributed by atoms with van der Waals surface area (Å²) in [6, 6.07) is 7.90. The molecule has 0 saturated carbocycles. The largest absolute Gasteiger partial charge is 0.502 e. The van der Waals surface area contributed by atoms with Crippen LogP contribution in [-0.4, -0.2) is 30.2 Å². The van der Waals surface area contributed by atoms with Crippen LogP contribution < -0.4 is 14.8 Å². The van der Waals surface area contributed by atoms with Crippen LogP contribution in [0.5, 0.6) is 17.2 Å². The minimum absolute atomic E-state index is 0.0720. The summed E-state index contributed by atoms with van der Waals surface area (Å²) < 4.78 is 29.7. The average Bonchev–Trinajstić information content (AvgIpc) is 3.41. The van der Waals surface area contributed by atoms with Gasteiger partial charge in [0.1, 0.15) is 12.1 Å². The number of nitrogens with one attached hydrogen (secondary N) is 1. The number of methoxy groups -OCH3 is 2. The highest BCUT2D eigenvalue weighted by atomic mass is 19.1. The molecule has 0 saturated heterocycles. The number of oxazole rings is 1. The second-order valence-electron chi connectivity index (χ2n) is 7.50. The smallest absolute Gasteiger partial charge is 0.224 e. The van der Waals surface area contributed by atoms with Crippen LogP contribution in [0.4, 0.5) is 4.39 Å². The Labute approximate surface area is 190 Å². The number of rotatable bonds is 7. The van der Waals surface area contributed by atoms with Crippen LogP contribution in [0, 0.1) is 5.82 Å². The number of carbonyl (C=O) groups excluding carboxylic acids is 1. The van der Waals surface area contributed by atoms with Crippen molar-refractivity contribution in [1.29, 1.82) is 0 Å². The molecule has 170 valence electrons. The highest BCUT2D eigenvalue weighted by Crippen LogP contribution is 2.45. The molecule has 0 aliphatic heterocycles. The van der Waals surface area contributed by atoms with Crippen molar-refractivity contribution in [2.24, 2.45) is 0 Å². The van der Waals surface area contributed by atoms with Gasteiger partial charge in [0.05, 0.1) is 33.4 Å². The normalized spacial score (nSPS) is 13.9. The molecule has 1 amide bonds. The monoisotopic (exact) mass is 450 g/mol. The maximum Gasteiger partial charge on any atom is 0.224 e. The second kappa shape index (κ2) is 9.20. The van der Waals surface area contributed by atoms with Crippen molar-refractivity contribution in [3.63, 3.8) is 0 Å². The van der Waals surface area contributed by atoms with E-state index in [0.717, 1.165) is 27.8 Å². The van der Waals surface area contributed by atoms with Gasteiger partial charge in [0.25, 0.3) is 0 Å². The Morgan fingerprint density at radius 3 is 2.55 bits per heavy atom. The average molecular weight is 450 g/mol. The minimum atomic E-state index is -0.381. The summed E-state index contributed by atoms with van der Waals surface area (Å²) in [4.78, 5) is 16.6. The summed E-state index contributed by atoms with van der Waals surface area (Å²) in [5.74, 6) is 0.243. The van der Waals surface area contributed by atoms with Crippen LogP contribution in [0.3, 0.4) is 0 Å². The maximum atomic E-state index is 14.1. The predicted octanol–water partition coefficient (Wildman–Crippen LogP) is 4.57. The van der Waals surface area contributed by atoms with Crippen molar-refractivity contribution in [2.75, 3.05) is 14.2 Å². The Kier molecular flexibility index (Phi) is 6.17. The van der Waals surface area contributed by atoms with E-state index in [1.807, 2.05) is 13.0 Å². The Balaban J connectivity index is 1.70. The number of hydrogen-bond acceptors (Lipinski definition) is 6. The number of amides is 1. The number of phenols is 1. The number of aromatic hydroxyl groups is 1. The lowest BCUT2D eigenvalue weighted by Gasteiger charge is -2.11. The number of ether oxygens (including phenoxy) is 2. The van der Waals surface area contributed by atoms with Gasteiger partial charge in [-0.1, -0.05) is 6.07 Å². The van der Waals surface area contributed by atoms with Gasteiger partial charge in [0.15, 0.2) is 11.5 Å². The SMILES string of the molecule is COc1cc(C=C2C(C)=C(CC(=O)NCc3ncco3)c3cc(F)ccc32)cc(OC)c1O. The van der Waals surface area contributed by atoms with Gasteiger partial charge in [-0.15, -0.1) is 0 Å². The summed E-state index contributed by atoms with van der Waals surface area (Å²) in [7, 11) is 2.92. The van der Waals surface area contributed by atoms with Crippen LogP contribution >= 0.6 is 0 Å². The van der Waals surface area contributed by atoms with Gasteiger partial charge in [-0.05, 0) is 70.7 Å². The van der Waals surface area contributed by atoms with E-state index in [1.165, 1.54) is 38.8 Å². The molecule has 4 rings (SSSR count).